The second-order valence-corrected chi connectivity index (χ2v) is 6.63. The smallest absolute Gasteiger partial charge is 0.288 e. The number of aromatic amines is 1. The van der Waals surface area contributed by atoms with Crippen molar-refractivity contribution in [1.29, 1.82) is 0 Å². The van der Waals surface area contributed by atoms with Crippen LogP contribution in [-0.2, 0) is 6.54 Å². The Balaban J connectivity index is 1.93. The highest BCUT2D eigenvalue weighted by molar-refractivity contribution is 7.99. The van der Waals surface area contributed by atoms with Crippen LogP contribution in [0.4, 0.5) is 14.5 Å². The number of aryl methyl sites for hydroxylation is 2. The summed E-state index contributed by atoms with van der Waals surface area (Å²) >= 11 is 5.68. The number of nitrogens with one attached hydrogen (secondary N) is 3. The Labute approximate surface area is 148 Å². The maximum atomic E-state index is 12.3. The molecule has 8 heteroatoms. The number of hydrogen-bond donors (Lipinski definition) is 3. The fraction of sp³-hybridized carbons (Fsp3) is 0.250. The first-order valence-corrected chi connectivity index (χ1v) is 8.43. The molecule has 1 aromatic carbocycles. The topological polar surface area (TPSA) is 56.9 Å². The third-order valence-corrected chi connectivity index (χ3v) is 4.23. The van der Waals surface area contributed by atoms with E-state index in [4.69, 9.17) is 12.2 Å². The van der Waals surface area contributed by atoms with Gasteiger partial charge in [-0.25, -0.2) is 0 Å². The molecule has 0 aliphatic heterocycles. The van der Waals surface area contributed by atoms with Crippen LogP contribution in [0.5, 0.6) is 0 Å². The van der Waals surface area contributed by atoms with Gasteiger partial charge in [-0.2, -0.15) is 8.78 Å². The average Bonchev–Trinajstić information content (AvgIpc) is 2.47. The summed E-state index contributed by atoms with van der Waals surface area (Å²) in [6, 6.07) is 8.42. The molecule has 24 heavy (non-hydrogen) atoms. The SMILES string of the molecule is Cc1cc(C)c(CNC(=S)Nc2ccc(SC(F)F)cc2)c(=O)[nH]1. The van der Waals surface area contributed by atoms with E-state index in [0.717, 1.165) is 11.3 Å². The van der Waals surface area contributed by atoms with E-state index in [9.17, 15) is 13.6 Å². The van der Waals surface area contributed by atoms with E-state index >= 15 is 0 Å². The summed E-state index contributed by atoms with van der Waals surface area (Å²) in [5, 5.41) is 6.28. The third-order valence-electron chi connectivity index (χ3n) is 3.26. The lowest BCUT2D eigenvalue weighted by Gasteiger charge is -2.12. The Morgan fingerprint density at radius 2 is 1.96 bits per heavy atom. The third kappa shape index (κ3) is 5.31. The van der Waals surface area contributed by atoms with Gasteiger partial charge in [-0.1, -0.05) is 11.8 Å². The first-order chi connectivity index (χ1) is 11.3. The lowest BCUT2D eigenvalue weighted by Crippen LogP contribution is -2.31. The maximum Gasteiger partial charge on any atom is 0.288 e. The maximum absolute atomic E-state index is 12.3. The molecular weight excluding hydrogens is 352 g/mol. The van der Waals surface area contributed by atoms with Crippen LogP contribution in [0.25, 0.3) is 0 Å². The normalized spacial score (nSPS) is 10.7. The van der Waals surface area contributed by atoms with Crippen molar-refractivity contribution >= 4 is 34.8 Å². The van der Waals surface area contributed by atoms with Crippen molar-refractivity contribution in [1.82, 2.24) is 10.3 Å². The number of rotatable bonds is 5. The highest BCUT2D eigenvalue weighted by atomic mass is 32.2. The zero-order valence-corrected chi connectivity index (χ0v) is 14.8. The van der Waals surface area contributed by atoms with Crippen molar-refractivity contribution in [3.05, 3.63) is 57.5 Å². The molecule has 0 unspecified atom stereocenters. The predicted octanol–water partition coefficient (Wildman–Crippen LogP) is 3.79. The number of aromatic nitrogens is 1. The van der Waals surface area contributed by atoms with Gasteiger partial charge in [0, 0.05) is 28.4 Å². The van der Waals surface area contributed by atoms with Gasteiger partial charge in [0.25, 0.3) is 11.3 Å². The Kier molecular flexibility index (Phi) is 6.33. The molecule has 0 atom stereocenters. The zero-order chi connectivity index (χ0) is 17.7. The summed E-state index contributed by atoms with van der Waals surface area (Å²) in [5.74, 6) is -2.44. The summed E-state index contributed by atoms with van der Waals surface area (Å²) in [4.78, 5) is 15.2. The van der Waals surface area contributed by atoms with Crippen LogP contribution in [0.2, 0.25) is 0 Å². The van der Waals surface area contributed by atoms with Gasteiger partial charge in [-0.05, 0) is 62.0 Å². The lowest BCUT2D eigenvalue weighted by atomic mass is 10.1. The molecule has 0 spiro atoms. The molecule has 0 aliphatic rings. The van der Waals surface area contributed by atoms with Crippen LogP contribution >= 0.6 is 24.0 Å². The van der Waals surface area contributed by atoms with Crippen LogP contribution in [-0.4, -0.2) is 15.9 Å². The van der Waals surface area contributed by atoms with E-state index in [2.05, 4.69) is 15.6 Å². The molecule has 128 valence electrons. The minimum absolute atomic E-state index is 0.142. The Morgan fingerprint density at radius 1 is 1.29 bits per heavy atom. The molecule has 0 radical (unpaired) electrons. The minimum atomic E-state index is -2.44. The molecule has 3 N–H and O–H groups in total. The Hall–Kier alpha value is -1.93. The van der Waals surface area contributed by atoms with Crippen molar-refractivity contribution in [3.8, 4) is 0 Å². The predicted molar refractivity (Wildman–Crippen MR) is 97.9 cm³/mol. The fourth-order valence-corrected chi connectivity index (χ4v) is 2.85. The van der Waals surface area contributed by atoms with Gasteiger partial charge >= 0.3 is 0 Å². The van der Waals surface area contributed by atoms with Gasteiger partial charge in [0.1, 0.15) is 0 Å². The molecule has 4 nitrogen and oxygen atoms in total. The van der Waals surface area contributed by atoms with Crippen molar-refractivity contribution in [3.63, 3.8) is 0 Å². The minimum Gasteiger partial charge on any atom is -0.358 e. The number of thioether (sulfide) groups is 1. The molecule has 1 heterocycles. The molecular formula is C16H17F2N3OS2. The van der Waals surface area contributed by atoms with Gasteiger partial charge in [-0.3, -0.25) is 4.79 Å². The average molecular weight is 369 g/mol. The summed E-state index contributed by atoms with van der Waals surface area (Å²) < 4.78 is 24.5. The summed E-state index contributed by atoms with van der Waals surface area (Å²) in [7, 11) is 0. The summed E-state index contributed by atoms with van der Waals surface area (Å²) in [6.07, 6.45) is 0. The van der Waals surface area contributed by atoms with Crippen LogP contribution < -0.4 is 16.2 Å². The number of halogens is 2. The largest absolute Gasteiger partial charge is 0.358 e. The molecule has 0 saturated carbocycles. The summed E-state index contributed by atoms with van der Waals surface area (Å²) in [5.41, 5.74) is 2.86. The van der Waals surface area contributed by atoms with Crippen molar-refractivity contribution in [2.75, 3.05) is 5.32 Å². The van der Waals surface area contributed by atoms with Crippen molar-refractivity contribution in [2.24, 2.45) is 0 Å². The van der Waals surface area contributed by atoms with E-state index in [-0.39, 0.29) is 5.56 Å². The van der Waals surface area contributed by atoms with E-state index in [1.807, 2.05) is 19.9 Å². The molecule has 0 fully saturated rings. The highest BCUT2D eigenvalue weighted by Gasteiger charge is 2.07. The molecule has 2 rings (SSSR count). The van der Waals surface area contributed by atoms with Gasteiger partial charge in [-0.15, -0.1) is 0 Å². The standard InChI is InChI=1S/C16H17F2N3OS2/c1-9-7-10(2)20-14(22)13(9)8-19-16(23)21-11-3-5-12(6-4-11)24-15(17)18/h3-7,15H,8H2,1-2H3,(H,20,22)(H2,19,21,23). The van der Waals surface area contributed by atoms with E-state index < -0.39 is 5.76 Å². The second-order valence-electron chi connectivity index (χ2n) is 5.15. The van der Waals surface area contributed by atoms with E-state index in [1.54, 1.807) is 24.3 Å². The fourth-order valence-electron chi connectivity index (χ4n) is 2.16. The number of hydrogen-bond acceptors (Lipinski definition) is 3. The molecule has 0 amide bonds. The van der Waals surface area contributed by atoms with E-state index in [1.165, 1.54) is 0 Å². The first-order valence-electron chi connectivity index (χ1n) is 7.14. The quantitative estimate of drug-likeness (QED) is 0.553. The first kappa shape index (κ1) is 18.4. The number of H-pyrrole nitrogens is 1. The number of benzene rings is 1. The Morgan fingerprint density at radius 3 is 2.54 bits per heavy atom. The molecule has 0 saturated heterocycles. The van der Waals surface area contributed by atoms with Crippen LogP contribution in [0.3, 0.4) is 0 Å². The summed E-state index contributed by atoms with van der Waals surface area (Å²) in [6.45, 7) is 4.00. The van der Waals surface area contributed by atoms with Gasteiger partial charge in [0.2, 0.25) is 0 Å². The van der Waals surface area contributed by atoms with Gasteiger partial charge in [0.15, 0.2) is 5.11 Å². The van der Waals surface area contributed by atoms with Gasteiger partial charge < -0.3 is 15.6 Å². The number of pyridine rings is 1. The molecule has 0 bridgehead atoms. The lowest BCUT2D eigenvalue weighted by molar-refractivity contribution is 0.252. The number of thiocarbonyl (C=S) groups is 1. The second kappa shape index (κ2) is 8.25. The molecule has 2 aromatic rings. The highest BCUT2D eigenvalue weighted by Crippen LogP contribution is 2.26. The number of alkyl halides is 2. The molecule has 1 aromatic heterocycles. The van der Waals surface area contributed by atoms with Gasteiger partial charge in [0.05, 0.1) is 0 Å². The van der Waals surface area contributed by atoms with Crippen LogP contribution in [0, 0.1) is 13.8 Å². The molecule has 0 aliphatic carbocycles. The van der Waals surface area contributed by atoms with Crippen molar-refractivity contribution in [2.45, 2.75) is 31.0 Å². The zero-order valence-electron chi connectivity index (χ0n) is 13.2. The van der Waals surface area contributed by atoms with Crippen LogP contribution in [0.15, 0.2) is 40.0 Å². The van der Waals surface area contributed by atoms with Crippen LogP contribution in [0.1, 0.15) is 16.8 Å². The number of anilines is 1. The van der Waals surface area contributed by atoms with Crippen molar-refractivity contribution < 1.29 is 8.78 Å². The Bertz CT molecular complexity index is 776. The monoisotopic (exact) mass is 369 g/mol. The van der Waals surface area contributed by atoms with E-state index in [0.29, 0.717) is 39.6 Å².